The molecule has 1 aliphatic carbocycles. The van der Waals surface area contributed by atoms with E-state index in [1.165, 1.54) is 12.5 Å². The predicted octanol–water partition coefficient (Wildman–Crippen LogP) is 4.72. The van der Waals surface area contributed by atoms with Crippen molar-refractivity contribution in [1.82, 2.24) is 20.3 Å². The van der Waals surface area contributed by atoms with Crippen molar-refractivity contribution in [2.75, 3.05) is 32.1 Å². The van der Waals surface area contributed by atoms with Crippen molar-refractivity contribution in [2.24, 2.45) is 4.99 Å². The largest absolute Gasteiger partial charge is 0.339 e. The van der Waals surface area contributed by atoms with Crippen molar-refractivity contribution in [3.05, 3.63) is 61.5 Å². The van der Waals surface area contributed by atoms with Crippen molar-refractivity contribution in [1.29, 1.82) is 5.26 Å². The number of anilines is 1. The quantitative estimate of drug-likeness (QED) is 0.0447. The number of aliphatic imine (C=N–C) groups is 1. The Bertz CT molecular complexity index is 1040. The number of nitriles is 1. The Labute approximate surface area is 238 Å². The van der Waals surface area contributed by atoms with Crippen molar-refractivity contribution < 1.29 is 14.4 Å². The Morgan fingerprint density at radius 3 is 2.58 bits per heavy atom. The number of amides is 2. The number of aromatic nitrogens is 1. The van der Waals surface area contributed by atoms with Gasteiger partial charge < -0.3 is 10.2 Å². The van der Waals surface area contributed by atoms with Gasteiger partial charge in [0.25, 0.3) is 5.91 Å². The van der Waals surface area contributed by atoms with Crippen LogP contribution in [0.3, 0.4) is 0 Å². The molecule has 1 aliphatic rings. The summed E-state index contributed by atoms with van der Waals surface area (Å²) in [4.78, 5) is 41.6. The Hall–Kier alpha value is -3.97. The van der Waals surface area contributed by atoms with Crippen molar-refractivity contribution in [3.8, 4) is 6.19 Å². The highest BCUT2D eigenvalue weighted by Crippen LogP contribution is 2.24. The molecule has 2 N–H and O–H groups in total. The van der Waals surface area contributed by atoms with Crippen LogP contribution in [0.15, 0.2) is 66.5 Å². The van der Waals surface area contributed by atoms with Crippen molar-refractivity contribution in [3.63, 3.8) is 0 Å². The average molecular weight is 550 g/mol. The van der Waals surface area contributed by atoms with Gasteiger partial charge in [-0.05, 0) is 37.8 Å². The standard InChI is InChI=1S/C30H43N7O3/c1-4-13-25(5-2)29(39)36(3)22-23-40-37(27-14-9-8-10-15-27)28(38)16-11-6-7-12-19-33-30(34-24-31)35-26-17-20-32-21-18-26/h4-5,13,17-18,20-21,27H,1-2,6-12,14-16,19,22-23H2,3H3,(H2,32,33,34,35)/b25-13+. The van der Waals surface area contributed by atoms with E-state index in [9.17, 15) is 9.59 Å². The van der Waals surface area contributed by atoms with Crippen LogP contribution >= 0.6 is 0 Å². The molecule has 40 heavy (non-hydrogen) atoms. The van der Waals surface area contributed by atoms with E-state index >= 15 is 0 Å². The maximum absolute atomic E-state index is 13.1. The summed E-state index contributed by atoms with van der Waals surface area (Å²) >= 11 is 0. The van der Waals surface area contributed by atoms with Crippen LogP contribution in [-0.2, 0) is 14.4 Å². The molecule has 0 aliphatic heterocycles. The van der Waals surface area contributed by atoms with Crippen LogP contribution in [0.5, 0.6) is 0 Å². The number of carbonyl (C=O) groups is 2. The Balaban J connectivity index is 1.77. The highest BCUT2D eigenvalue weighted by atomic mass is 16.7. The van der Waals surface area contributed by atoms with E-state index in [1.807, 2.05) is 6.19 Å². The summed E-state index contributed by atoms with van der Waals surface area (Å²) in [5.74, 6) is 0.232. The number of guanidine groups is 1. The Morgan fingerprint density at radius 1 is 1.18 bits per heavy atom. The van der Waals surface area contributed by atoms with Gasteiger partial charge in [-0.25, -0.2) is 5.06 Å². The highest BCUT2D eigenvalue weighted by Gasteiger charge is 2.26. The van der Waals surface area contributed by atoms with Gasteiger partial charge in [-0.1, -0.05) is 63.5 Å². The van der Waals surface area contributed by atoms with Gasteiger partial charge in [-0.15, -0.1) is 0 Å². The molecule has 0 saturated heterocycles. The van der Waals surface area contributed by atoms with Gasteiger partial charge in [-0.2, -0.15) is 5.26 Å². The number of pyridine rings is 1. The lowest BCUT2D eigenvalue weighted by Crippen LogP contribution is -2.43. The molecule has 0 spiro atoms. The smallest absolute Gasteiger partial charge is 0.253 e. The van der Waals surface area contributed by atoms with E-state index in [1.54, 1.807) is 53.7 Å². The summed E-state index contributed by atoms with van der Waals surface area (Å²) in [6, 6.07) is 3.67. The molecule has 10 nitrogen and oxygen atoms in total. The molecule has 1 aromatic heterocycles. The molecule has 0 radical (unpaired) electrons. The van der Waals surface area contributed by atoms with Crippen LogP contribution < -0.4 is 10.6 Å². The minimum Gasteiger partial charge on any atom is -0.339 e. The molecule has 1 heterocycles. The van der Waals surface area contributed by atoms with E-state index in [0.29, 0.717) is 31.0 Å². The zero-order valence-corrected chi connectivity index (χ0v) is 23.7. The van der Waals surface area contributed by atoms with E-state index in [0.717, 1.165) is 57.1 Å². The van der Waals surface area contributed by atoms with E-state index in [-0.39, 0.29) is 24.5 Å². The molecule has 1 saturated carbocycles. The summed E-state index contributed by atoms with van der Waals surface area (Å²) in [6.45, 7) is 8.48. The number of rotatable bonds is 16. The normalized spacial score (nSPS) is 14.1. The summed E-state index contributed by atoms with van der Waals surface area (Å²) in [5.41, 5.74) is 1.26. The second-order valence-corrected chi connectivity index (χ2v) is 9.63. The van der Waals surface area contributed by atoms with Gasteiger partial charge >= 0.3 is 0 Å². The molecule has 10 heteroatoms. The summed E-state index contributed by atoms with van der Waals surface area (Å²) in [6.07, 6.45) is 19.0. The lowest BCUT2D eigenvalue weighted by molar-refractivity contribution is -0.205. The van der Waals surface area contributed by atoms with Crippen LogP contribution in [0, 0.1) is 11.5 Å². The van der Waals surface area contributed by atoms with E-state index < -0.39 is 0 Å². The molecule has 216 valence electrons. The number of nitrogens with one attached hydrogen (secondary N) is 2. The maximum Gasteiger partial charge on any atom is 0.253 e. The molecule has 0 unspecified atom stereocenters. The molecule has 1 fully saturated rings. The molecular weight excluding hydrogens is 506 g/mol. The number of carbonyl (C=O) groups excluding carboxylic acids is 2. The van der Waals surface area contributed by atoms with Gasteiger partial charge in [0.2, 0.25) is 11.9 Å². The van der Waals surface area contributed by atoms with Crippen molar-refractivity contribution >= 4 is 23.5 Å². The minimum absolute atomic E-state index is 0.000656. The Morgan fingerprint density at radius 2 is 1.90 bits per heavy atom. The third-order valence-electron chi connectivity index (χ3n) is 6.61. The number of hydrogen-bond donors (Lipinski definition) is 2. The number of likely N-dealkylation sites (N-methyl/N-ethyl adjacent to an activating group) is 1. The summed E-state index contributed by atoms with van der Waals surface area (Å²) in [5, 5.41) is 16.2. The fourth-order valence-corrected chi connectivity index (χ4v) is 4.43. The fraction of sp³-hybridized carbons (Fsp3) is 0.500. The number of hydroxylamine groups is 2. The third kappa shape index (κ3) is 11.8. The molecule has 1 aromatic rings. The second-order valence-electron chi connectivity index (χ2n) is 9.63. The van der Waals surface area contributed by atoms with Crippen LogP contribution in [0.2, 0.25) is 0 Å². The molecule has 0 aromatic carbocycles. The number of nitrogens with zero attached hydrogens (tertiary/aromatic N) is 5. The second kappa shape index (κ2) is 19.1. The minimum atomic E-state index is -0.165. The maximum atomic E-state index is 13.1. The molecule has 0 atom stereocenters. The number of hydrogen-bond acceptors (Lipinski definition) is 6. The highest BCUT2D eigenvalue weighted by molar-refractivity contribution is 5.96. The molecule has 2 rings (SSSR count). The van der Waals surface area contributed by atoms with Gasteiger partial charge in [0.1, 0.15) is 0 Å². The first-order chi connectivity index (χ1) is 19.5. The van der Waals surface area contributed by atoms with Gasteiger partial charge in [-0.3, -0.25) is 29.7 Å². The van der Waals surface area contributed by atoms with E-state index in [4.69, 9.17) is 10.1 Å². The zero-order valence-electron chi connectivity index (χ0n) is 23.7. The molecule has 0 bridgehead atoms. The summed E-state index contributed by atoms with van der Waals surface area (Å²) in [7, 11) is 1.71. The third-order valence-corrected chi connectivity index (χ3v) is 6.61. The lowest BCUT2D eigenvalue weighted by Gasteiger charge is -2.33. The average Bonchev–Trinajstić information content (AvgIpc) is 2.98. The predicted molar refractivity (Wildman–Crippen MR) is 158 cm³/mol. The van der Waals surface area contributed by atoms with Crippen LogP contribution in [0.4, 0.5) is 5.69 Å². The van der Waals surface area contributed by atoms with Gasteiger partial charge in [0.05, 0.1) is 12.6 Å². The Kier molecular flexibility index (Phi) is 15.4. The van der Waals surface area contributed by atoms with Crippen molar-refractivity contribution in [2.45, 2.75) is 70.3 Å². The zero-order chi connectivity index (χ0) is 29.0. The monoisotopic (exact) mass is 549 g/mol. The van der Waals surface area contributed by atoms with Gasteiger partial charge in [0, 0.05) is 50.2 Å². The molecular formula is C30H43N7O3. The first-order valence-corrected chi connectivity index (χ1v) is 14.0. The summed E-state index contributed by atoms with van der Waals surface area (Å²) < 4.78 is 0. The number of allylic oxidation sites excluding steroid dienone is 2. The van der Waals surface area contributed by atoms with Gasteiger partial charge in [0.15, 0.2) is 6.19 Å². The molecule has 2 amide bonds. The van der Waals surface area contributed by atoms with E-state index in [2.05, 4.69) is 33.8 Å². The van der Waals surface area contributed by atoms with Crippen LogP contribution in [0.1, 0.15) is 64.2 Å². The first kappa shape index (κ1) is 32.2. The van der Waals surface area contributed by atoms with Crippen LogP contribution in [-0.4, -0.2) is 65.5 Å². The first-order valence-electron chi connectivity index (χ1n) is 14.0. The lowest BCUT2D eigenvalue weighted by atomic mass is 9.95. The SMILES string of the molecule is C=C/C=C(\C=C)C(=O)N(C)CCON(C(=O)CCCCCCN=C(NC#N)Nc1ccncc1)C1CCCCC1. The fourth-order valence-electron chi connectivity index (χ4n) is 4.43. The topological polar surface area (TPSA) is 123 Å². The number of unbranched alkanes of at least 4 members (excludes halogenated alkanes) is 3. The van der Waals surface area contributed by atoms with Crippen LogP contribution in [0.25, 0.3) is 0 Å².